The maximum absolute atomic E-state index is 11.6. The molecule has 2 saturated carbocycles. The molecule has 1 aromatic carbocycles. The average Bonchev–Trinajstić information content (AvgIpc) is 3.00. The molecule has 3 rings (SSSR count). The fourth-order valence-corrected chi connectivity index (χ4v) is 5.11. The number of halogens is 1. The van der Waals surface area contributed by atoms with Crippen molar-refractivity contribution in [2.45, 2.75) is 35.8 Å². The third-order valence-corrected chi connectivity index (χ3v) is 6.38. The Morgan fingerprint density at radius 1 is 1.26 bits per heavy atom. The minimum absolute atomic E-state index is 0.281. The second kappa shape index (κ2) is 5.49. The predicted molar refractivity (Wildman–Crippen MR) is 80.4 cm³/mol. The quantitative estimate of drug-likeness (QED) is 0.823. The van der Waals surface area contributed by atoms with Crippen LogP contribution < -0.4 is 0 Å². The smallest absolute Gasteiger partial charge is 0.317 e. The molecule has 0 amide bonds. The van der Waals surface area contributed by atoms with Gasteiger partial charge in [-0.15, -0.1) is 11.8 Å². The average molecular weight is 341 g/mol. The number of carboxylic acid groups (broad SMARTS) is 1. The van der Waals surface area contributed by atoms with Gasteiger partial charge >= 0.3 is 5.97 Å². The normalized spacial score (nSPS) is 30.5. The van der Waals surface area contributed by atoms with Gasteiger partial charge in [0, 0.05) is 9.37 Å². The van der Waals surface area contributed by atoms with Crippen molar-refractivity contribution >= 4 is 33.7 Å². The van der Waals surface area contributed by atoms with Crippen LogP contribution in [0.25, 0.3) is 0 Å². The third kappa shape index (κ3) is 2.84. The van der Waals surface area contributed by atoms with Gasteiger partial charge in [0.2, 0.25) is 0 Å². The number of carbonyl (C=O) groups is 1. The first kappa shape index (κ1) is 13.5. The zero-order valence-corrected chi connectivity index (χ0v) is 13.0. The van der Waals surface area contributed by atoms with Crippen molar-refractivity contribution in [1.82, 2.24) is 0 Å². The number of aliphatic carboxylic acids is 1. The van der Waals surface area contributed by atoms with E-state index in [0.717, 1.165) is 21.7 Å². The third-order valence-electron chi connectivity index (χ3n) is 4.50. The van der Waals surface area contributed by atoms with Gasteiger partial charge in [0.1, 0.15) is 5.25 Å². The van der Waals surface area contributed by atoms with Crippen molar-refractivity contribution in [3.63, 3.8) is 0 Å². The summed E-state index contributed by atoms with van der Waals surface area (Å²) in [7, 11) is 0. The van der Waals surface area contributed by atoms with Gasteiger partial charge in [0.15, 0.2) is 0 Å². The van der Waals surface area contributed by atoms with Crippen LogP contribution in [-0.2, 0) is 4.79 Å². The Balaban J connectivity index is 1.74. The highest BCUT2D eigenvalue weighted by Crippen LogP contribution is 2.52. The van der Waals surface area contributed by atoms with Crippen LogP contribution in [-0.4, -0.2) is 16.3 Å². The molecule has 4 heteroatoms. The fraction of sp³-hybridized carbons (Fsp3) is 0.533. The Bertz CT molecular complexity index is 474. The summed E-state index contributed by atoms with van der Waals surface area (Å²) >= 11 is 4.93. The molecule has 0 spiro atoms. The Kier molecular flexibility index (Phi) is 3.90. The van der Waals surface area contributed by atoms with E-state index < -0.39 is 5.97 Å². The monoisotopic (exact) mass is 340 g/mol. The Labute approximate surface area is 126 Å². The van der Waals surface area contributed by atoms with Gasteiger partial charge < -0.3 is 5.11 Å². The lowest BCUT2D eigenvalue weighted by Gasteiger charge is -2.27. The zero-order valence-electron chi connectivity index (χ0n) is 10.6. The molecule has 0 radical (unpaired) electrons. The number of carboxylic acids is 1. The van der Waals surface area contributed by atoms with E-state index in [1.807, 2.05) is 24.3 Å². The molecule has 0 aromatic heterocycles. The van der Waals surface area contributed by atoms with Gasteiger partial charge in [-0.25, -0.2) is 0 Å². The molecule has 4 atom stereocenters. The van der Waals surface area contributed by atoms with Crippen LogP contribution in [0.2, 0.25) is 0 Å². The van der Waals surface area contributed by atoms with Crippen LogP contribution in [0.4, 0.5) is 0 Å². The lowest BCUT2D eigenvalue weighted by molar-refractivity contribution is -0.137. The number of rotatable bonds is 4. The Hall–Kier alpha value is -0.480. The lowest BCUT2D eigenvalue weighted by Crippen LogP contribution is -2.30. The minimum Gasteiger partial charge on any atom is -0.480 e. The van der Waals surface area contributed by atoms with Gasteiger partial charge in [-0.05, 0) is 61.3 Å². The molecular weight excluding hydrogens is 324 g/mol. The van der Waals surface area contributed by atoms with Crippen LogP contribution in [0, 0.1) is 17.8 Å². The van der Waals surface area contributed by atoms with Crippen molar-refractivity contribution in [3.8, 4) is 0 Å². The van der Waals surface area contributed by atoms with Crippen molar-refractivity contribution in [3.05, 3.63) is 28.7 Å². The summed E-state index contributed by atoms with van der Waals surface area (Å²) in [5, 5.41) is 9.27. The lowest BCUT2D eigenvalue weighted by atomic mass is 9.86. The van der Waals surface area contributed by atoms with Gasteiger partial charge in [0.25, 0.3) is 0 Å². The van der Waals surface area contributed by atoms with Crippen molar-refractivity contribution < 1.29 is 9.90 Å². The van der Waals surface area contributed by atoms with Crippen molar-refractivity contribution in [2.24, 2.45) is 17.8 Å². The summed E-state index contributed by atoms with van der Waals surface area (Å²) in [5.74, 6) is 1.16. The molecule has 2 nitrogen and oxygen atoms in total. The van der Waals surface area contributed by atoms with E-state index >= 15 is 0 Å². The zero-order chi connectivity index (χ0) is 13.4. The molecule has 1 aromatic rings. The first-order valence-electron chi connectivity index (χ1n) is 6.78. The Morgan fingerprint density at radius 3 is 2.53 bits per heavy atom. The van der Waals surface area contributed by atoms with Crippen molar-refractivity contribution in [1.29, 1.82) is 0 Å². The standard InChI is InChI=1S/C15H17BrO2S/c16-11-3-5-12(6-4-11)19-14(15(17)18)13-8-9-1-2-10(13)7-9/h3-6,9-10,13-14H,1-2,7-8H2,(H,17,18). The van der Waals surface area contributed by atoms with Crippen molar-refractivity contribution in [2.75, 3.05) is 0 Å². The highest BCUT2D eigenvalue weighted by atomic mass is 79.9. The van der Waals surface area contributed by atoms with E-state index in [9.17, 15) is 9.90 Å². The molecule has 2 fully saturated rings. The van der Waals surface area contributed by atoms with Crippen LogP contribution >= 0.6 is 27.7 Å². The fourth-order valence-electron chi connectivity index (χ4n) is 3.65. The van der Waals surface area contributed by atoms with Crippen LogP contribution in [0.15, 0.2) is 33.6 Å². The first-order chi connectivity index (χ1) is 9.13. The molecule has 2 bridgehead atoms. The van der Waals surface area contributed by atoms with E-state index in [4.69, 9.17) is 0 Å². The molecule has 0 saturated heterocycles. The molecule has 0 aliphatic heterocycles. The molecule has 1 N–H and O–H groups in total. The SMILES string of the molecule is O=C(O)C(Sc1ccc(Br)cc1)C1CC2CCC1C2. The summed E-state index contributed by atoms with van der Waals surface area (Å²) in [5.41, 5.74) is 0. The highest BCUT2D eigenvalue weighted by molar-refractivity contribution is 9.10. The summed E-state index contributed by atoms with van der Waals surface area (Å²) < 4.78 is 1.03. The largest absolute Gasteiger partial charge is 0.480 e. The topological polar surface area (TPSA) is 37.3 Å². The maximum atomic E-state index is 11.6. The van der Waals surface area contributed by atoms with E-state index in [-0.39, 0.29) is 5.25 Å². The highest BCUT2D eigenvalue weighted by Gasteiger charge is 2.45. The van der Waals surface area contributed by atoms with E-state index in [1.165, 1.54) is 31.0 Å². The second-order valence-electron chi connectivity index (χ2n) is 5.67. The molecule has 0 heterocycles. The van der Waals surface area contributed by atoms with Crippen LogP contribution in [0.1, 0.15) is 25.7 Å². The van der Waals surface area contributed by atoms with Crippen LogP contribution in [0.5, 0.6) is 0 Å². The molecular formula is C15H17BrO2S. The first-order valence-corrected chi connectivity index (χ1v) is 8.46. The number of benzene rings is 1. The summed E-state index contributed by atoms with van der Waals surface area (Å²) in [6.45, 7) is 0. The van der Waals surface area contributed by atoms with Gasteiger partial charge in [-0.1, -0.05) is 22.4 Å². The summed E-state index contributed by atoms with van der Waals surface area (Å²) in [4.78, 5) is 12.7. The van der Waals surface area contributed by atoms with E-state index in [2.05, 4.69) is 15.9 Å². The van der Waals surface area contributed by atoms with Crippen LogP contribution in [0.3, 0.4) is 0 Å². The van der Waals surface area contributed by atoms with Gasteiger partial charge in [0.05, 0.1) is 0 Å². The van der Waals surface area contributed by atoms with E-state index in [1.54, 1.807) is 0 Å². The second-order valence-corrected chi connectivity index (χ2v) is 7.80. The summed E-state index contributed by atoms with van der Waals surface area (Å²) in [6, 6.07) is 7.94. The molecule has 2 aliphatic carbocycles. The maximum Gasteiger partial charge on any atom is 0.317 e. The number of hydrogen-bond acceptors (Lipinski definition) is 2. The minimum atomic E-state index is -0.648. The molecule has 4 unspecified atom stereocenters. The number of thioether (sulfide) groups is 1. The predicted octanol–water partition coefficient (Wildman–Crippen LogP) is 4.43. The van der Waals surface area contributed by atoms with Gasteiger partial charge in [-0.2, -0.15) is 0 Å². The molecule has 19 heavy (non-hydrogen) atoms. The summed E-state index contributed by atoms with van der Waals surface area (Å²) in [6.07, 6.45) is 4.93. The number of fused-ring (bicyclic) bond motifs is 2. The van der Waals surface area contributed by atoms with Gasteiger partial charge in [-0.3, -0.25) is 4.79 Å². The molecule has 102 valence electrons. The van der Waals surface area contributed by atoms with E-state index in [0.29, 0.717) is 11.8 Å². The number of hydrogen-bond donors (Lipinski definition) is 1. The molecule has 2 aliphatic rings. The Morgan fingerprint density at radius 2 is 2.00 bits per heavy atom.